The maximum atomic E-state index is 2.40. The van der Waals surface area contributed by atoms with Crippen molar-refractivity contribution in [2.75, 3.05) is 4.90 Å². The molecule has 0 N–H and O–H groups in total. The molecule has 0 bridgehead atoms. The fraction of sp³-hybridized carbons (Fsp3) is 0.0938. The quantitative estimate of drug-likeness (QED) is 0.124. The van der Waals surface area contributed by atoms with E-state index >= 15 is 0 Å². The van der Waals surface area contributed by atoms with E-state index in [0.29, 0.717) is 0 Å². The third-order valence-corrected chi connectivity index (χ3v) is 17.9. The topological polar surface area (TPSA) is 8.17 Å². The average molecular weight is 909 g/mol. The first-order valence-electron chi connectivity index (χ1n) is 23.9. The van der Waals surface area contributed by atoms with Crippen molar-refractivity contribution < 1.29 is 0 Å². The highest BCUT2D eigenvalue weighted by Gasteiger charge is 2.19. The van der Waals surface area contributed by atoms with Crippen LogP contribution in [0.15, 0.2) is 231 Å². The Kier molecular flexibility index (Phi) is 11.0. The molecule has 0 atom stereocenters. The molecule has 4 heteroatoms. The van der Waals surface area contributed by atoms with Gasteiger partial charge in [-0.05, 0) is 128 Å². The van der Waals surface area contributed by atoms with Crippen molar-refractivity contribution in [1.82, 2.24) is 4.57 Å². The number of benzene rings is 10. The van der Waals surface area contributed by atoms with E-state index in [0.717, 1.165) is 22.7 Å². The van der Waals surface area contributed by atoms with Crippen molar-refractivity contribution in [3.05, 3.63) is 231 Å². The molecule has 11 aromatic rings. The summed E-state index contributed by atoms with van der Waals surface area (Å²) in [6.45, 7) is 14.4. The van der Waals surface area contributed by atoms with E-state index in [1.165, 1.54) is 87.5 Å². The summed E-state index contributed by atoms with van der Waals surface area (Å²) in [5, 5.41) is 7.97. The fourth-order valence-electron chi connectivity index (χ4n) is 9.78. The Morgan fingerprint density at radius 3 is 1.16 bits per heavy atom. The van der Waals surface area contributed by atoms with Crippen LogP contribution in [0.5, 0.6) is 0 Å². The summed E-state index contributed by atoms with van der Waals surface area (Å²) in [6, 6.07) is 85.7. The van der Waals surface area contributed by atoms with E-state index in [4.69, 9.17) is 0 Å². The second-order valence-corrected chi connectivity index (χ2v) is 30.5. The van der Waals surface area contributed by atoms with Gasteiger partial charge in [0.25, 0.3) is 0 Å². The maximum Gasteiger partial charge on any atom is 0.0775 e. The normalized spacial score (nSPS) is 12.0. The molecule has 0 unspecified atom stereocenters. The number of anilines is 3. The van der Waals surface area contributed by atoms with E-state index in [1.807, 2.05) is 0 Å². The van der Waals surface area contributed by atoms with Gasteiger partial charge in [0.05, 0.1) is 27.2 Å². The van der Waals surface area contributed by atoms with Crippen LogP contribution in [0, 0.1) is 0 Å². The van der Waals surface area contributed by atoms with Crippen LogP contribution in [-0.2, 0) is 0 Å². The molecule has 0 aliphatic rings. The van der Waals surface area contributed by atoms with Crippen LogP contribution in [0.1, 0.15) is 0 Å². The average Bonchev–Trinajstić information content (AvgIpc) is 3.70. The number of aromatic nitrogens is 1. The summed E-state index contributed by atoms with van der Waals surface area (Å²) in [5.41, 5.74) is 16.6. The molecule has 330 valence electrons. The molecule has 68 heavy (non-hydrogen) atoms. The summed E-state index contributed by atoms with van der Waals surface area (Å²) in [6.07, 6.45) is 0. The first-order valence-corrected chi connectivity index (χ1v) is 30.9. The van der Waals surface area contributed by atoms with Crippen molar-refractivity contribution >= 4 is 76.2 Å². The van der Waals surface area contributed by atoms with Crippen molar-refractivity contribution in [3.63, 3.8) is 0 Å². The van der Waals surface area contributed by atoms with Crippen molar-refractivity contribution in [1.29, 1.82) is 0 Å². The van der Waals surface area contributed by atoms with Gasteiger partial charge in [0.1, 0.15) is 0 Å². The highest BCUT2D eigenvalue weighted by molar-refractivity contribution is 6.89. The van der Waals surface area contributed by atoms with Gasteiger partial charge in [0.15, 0.2) is 0 Å². The molecule has 0 saturated carbocycles. The SMILES string of the molecule is C[Si](C)(C)c1ccc(-c2ccc(N(c3ccc(-c4ccc([Si](C)(C)C)cc4)cc3)c3ccc(-c4ccc5c(c4)c4ccccc4n5-c4ccc(-c5ccc6ccccc6c5)cc4)cc3)cc2)cc1. The summed E-state index contributed by atoms with van der Waals surface area (Å²) >= 11 is 0. The second-order valence-electron chi connectivity index (χ2n) is 20.3. The monoisotopic (exact) mass is 908 g/mol. The van der Waals surface area contributed by atoms with Crippen molar-refractivity contribution in [2.24, 2.45) is 0 Å². The Balaban J connectivity index is 0.923. The molecule has 0 saturated heterocycles. The third kappa shape index (κ3) is 8.31. The second kappa shape index (κ2) is 17.3. The van der Waals surface area contributed by atoms with Gasteiger partial charge >= 0.3 is 0 Å². The summed E-state index contributed by atoms with van der Waals surface area (Å²) < 4.78 is 2.40. The molecule has 0 radical (unpaired) electrons. The minimum absolute atomic E-state index is 1.11. The van der Waals surface area contributed by atoms with Crippen molar-refractivity contribution in [3.8, 4) is 50.2 Å². The number of para-hydroxylation sites is 1. The standard InChI is InChI=1S/C64H56N2Si2/c1-67(2,3)59-38-25-48(26-39-59)46-17-30-55(31-18-46)65(56-32-19-47(20-33-56)49-27-40-60(41-28-49)68(4,5)6)57-34-21-51(22-35-57)54-29-42-64-62(44-54)61-13-9-10-14-63(61)66(64)58-36-23-50(24-37-58)53-16-15-45-11-7-8-12-52(45)43-53/h7-44H,1-6H3. The molecule has 0 aliphatic heterocycles. The minimum atomic E-state index is -1.38. The van der Waals surface area contributed by atoms with E-state index in [1.54, 1.807) is 0 Å². The lowest BCUT2D eigenvalue weighted by atomic mass is 10.0. The summed E-state index contributed by atoms with van der Waals surface area (Å²) in [7, 11) is -2.75. The fourth-order valence-corrected chi connectivity index (χ4v) is 12.1. The van der Waals surface area contributed by atoms with Gasteiger partial charge in [-0.15, -0.1) is 0 Å². The number of hydrogen-bond donors (Lipinski definition) is 0. The Morgan fingerprint density at radius 2 is 0.662 bits per heavy atom. The first-order chi connectivity index (χ1) is 32.9. The molecule has 1 heterocycles. The van der Waals surface area contributed by atoms with Crippen LogP contribution in [0.25, 0.3) is 82.8 Å². The molecular weight excluding hydrogens is 853 g/mol. The van der Waals surface area contributed by atoms with E-state index in [9.17, 15) is 0 Å². The largest absolute Gasteiger partial charge is 0.311 e. The Labute approximate surface area is 403 Å². The lowest BCUT2D eigenvalue weighted by Gasteiger charge is -2.26. The summed E-state index contributed by atoms with van der Waals surface area (Å²) in [4.78, 5) is 2.38. The highest BCUT2D eigenvalue weighted by atomic mass is 28.3. The number of hydrogen-bond acceptors (Lipinski definition) is 1. The lowest BCUT2D eigenvalue weighted by molar-refractivity contribution is 1.18. The molecule has 0 aliphatic carbocycles. The Bertz CT molecular complexity index is 3470. The number of fused-ring (bicyclic) bond motifs is 4. The maximum absolute atomic E-state index is 2.40. The van der Waals surface area contributed by atoms with Crippen LogP contribution in [0.2, 0.25) is 39.3 Å². The van der Waals surface area contributed by atoms with Crippen LogP contribution >= 0.6 is 0 Å². The van der Waals surface area contributed by atoms with Gasteiger partial charge in [0, 0.05) is 33.5 Å². The third-order valence-electron chi connectivity index (χ3n) is 13.8. The smallest absolute Gasteiger partial charge is 0.0775 e. The molecule has 10 aromatic carbocycles. The molecule has 0 amide bonds. The highest BCUT2D eigenvalue weighted by Crippen LogP contribution is 2.40. The lowest BCUT2D eigenvalue weighted by Crippen LogP contribution is -2.37. The van der Waals surface area contributed by atoms with Crippen LogP contribution in [0.3, 0.4) is 0 Å². The zero-order valence-corrected chi connectivity index (χ0v) is 41.8. The Morgan fingerprint density at radius 1 is 0.294 bits per heavy atom. The first kappa shape index (κ1) is 43.1. The van der Waals surface area contributed by atoms with E-state index in [-0.39, 0.29) is 0 Å². The molecular formula is C64H56N2Si2. The molecule has 1 aromatic heterocycles. The number of nitrogens with zero attached hydrogens (tertiary/aromatic N) is 2. The zero-order valence-electron chi connectivity index (χ0n) is 39.8. The van der Waals surface area contributed by atoms with E-state index in [2.05, 4.69) is 279 Å². The molecule has 11 rings (SSSR count). The predicted octanol–water partition coefficient (Wildman–Crippen LogP) is 17.2. The van der Waals surface area contributed by atoms with Crippen LogP contribution < -0.4 is 15.3 Å². The Hall–Kier alpha value is -7.51. The van der Waals surface area contributed by atoms with Gasteiger partial charge in [-0.3, -0.25) is 0 Å². The predicted molar refractivity (Wildman–Crippen MR) is 301 cm³/mol. The minimum Gasteiger partial charge on any atom is -0.311 e. The van der Waals surface area contributed by atoms with Gasteiger partial charge in [-0.25, -0.2) is 0 Å². The van der Waals surface area contributed by atoms with Crippen molar-refractivity contribution in [2.45, 2.75) is 39.3 Å². The number of rotatable bonds is 10. The van der Waals surface area contributed by atoms with Crippen LogP contribution in [0.4, 0.5) is 17.1 Å². The summed E-state index contributed by atoms with van der Waals surface area (Å²) in [5.74, 6) is 0. The van der Waals surface area contributed by atoms with Gasteiger partial charge in [0.2, 0.25) is 0 Å². The van der Waals surface area contributed by atoms with Crippen LogP contribution in [-0.4, -0.2) is 20.7 Å². The van der Waals surface area contributed by atoms with Gasteiger partial charge in [-0.2, -0.15) is 0 Å². The molecule has 0 fully saturated rings. The molecule has 0 spiro atoms. The van der Waals surface area contributed by atoms with E-state index < -0.39 is 16.1 Å². The zero-order chi connectivity index (χ0) is 46.6. The molecule has 2 nitrogen and oxygen atoms in total. The van der Waals surface area contributed by atoms with Gasteiger partial charge in [-0.1, -0.05) is 207 Å². The van der Waals surface area contributed by atoms with Gasteiger partial charge < -0.3 is 9.47 Å².